The molecule has 0 atom stereocenters. The molecule has 1 saturated heterocycles. The average molecular weight is 384 g/mol. The first-order valence-electron chi connectivity index (χ1n) is 8.29. The molecule has 0 bridgehead atoms. The van der Waals surface area contributed by atoms with Gasteiger partial charge in [-0.1, -0.05) is 11.6 Å². The topological polar surface area (TPSA) is 102 Å². The fourth-order valence-corrected chi connectivity index (χ4v) is 2.92. The highest BCUT2D eigenvalue weighted by Crippen LogP contribution is 2.25. The number of piperidine rings is 1. The molecule has 0 radical (unpaired) electrons. The van der Waals surface area contributed by atoms with E-state index in [0.717, 1.165) is 0 Å². The third kappa shape index (κ3) is 5.32. The average Bonchev–Trinajstić information content (AvgIpc) is 2.53. The molecule has 2 rings (SSSR count). The van der Waals surface area contributed by atoms with Crippen LogP contribution in [0.25, 0.3) is 0 Å². The zero-order valence-electron chi connectivity index (χ0n) is 15.0. The summed E-state index contributed by atoms with van der Waals surface area (Å²) in [5.41, 5.74) is -0.490. The summed E-state index contributed by atoms with van der Waals surface area (Å²) in [5, 5.41) is 13.6. The Morgan fingerprint density at radius 2 is 1.92 bits per heavy atom. The lowest BCUT2D eigenvalue weighted by atomic mass is 10.0. The van der Waals surface area contributed by atoms with Crippen LogP contribution in [0.15, 0.2) is 18.2 Å². The summed E-state index contributed by atoms with van der Waals surface area (Å²) < 4.78 is 5.23. The maximum atomic E-state index is 12.6. The van der Waals surface area contributed by atoms with Gasteiger partial charge >= 0.3 is 6.09 Å². The van der Waals surface area contributed by atoms with Crippen molar-refractivity contribution < 1.29 is 19.2 Å². The SMILES string of the molecule is CC(C)(C)OC(=O)NC1CCN(C(=O)c2ccc([N+](=O)[O-])cc2Cl)CC1. The predicted octanol–water partition coefficient (Wildman–Crippen LogP) is 3.38. The second-order valence-corrected chi connectivity index (χ2v) is 7.54. The molecule has 2 amide bonds. The number of rotatable bonds is 3. The largest absolute Gasteiger partial charge is 0.444 e. The van der Waals surface area contributed by atoms with Crippen LogP contribution in [0, 0.1) is 10.1 Å². The van der Waals surface area contributed by atoms with Gasteiger partial charge in [0.2, 0.25) is 0 Å². The number of ether oxygens (including phenoxy) is 1. The van der Waals surface area contributed by atoms with E-state index in [2.05, 4.69) is 5.32 Å². The van der Waals surface area contributed by atoms with Gasteiger partial charge in [0.05, 0.1) is 15.5 Å². The lowest BCUT2D eigenvalue weighted by Gasteiger charge is -2.33. The Labute approximate surface area is 156 Å². The normalized spacial score (nSPS) is 15.5. The van der Waals surface area contributed by atoms with Crippen molar-refractivity contribution in [2.75, 3.05) is 13.1 Å². The van der Waals surface area contributed by atoms with Gasteiger partial charge in [0.25, 0.3) is 11.6 Å². The number of alkyl carbamates (subject to hydrolysis) is 1. The molecule has 0 saturated carbocycles. The zero-order chi connectivity index (χ0) is 19.5. The Morgan fingerprint density at radius 1 is 1.31 bits per heavy atom. The molecule has 9 heteroatoms. The molecule has 0 aliphatic carbocycles. The Kier molecular flexibility index (Phi) is 6.07. The number of carbonyl (C=O) groups is 2. The van der Waals surface area contributed by atoms with E-state index in [-0.39, 0.29) is 28.2 Å². The van der Waals surface area contributed by atoms with E-state index >= 15 is 0 Å². The second kappa shape index (κ2) is 7.90. The van der Waals surface area contributed by atoms with E-state index in [9.17, 15) is 19.7 Å². The van der Waals surface area contributed by atoms with Crippen LogP contribution in [-0.4, -0.2) is 46.6 Å². The molecule has 1 aliphatic rings. The van der Waals surface area contributed by atoms with Gasteiger partial charge in [0.15, 0.2) is 0 Å². The Balaban J connectivity index is 1.92. The van der Waals surface area contributed by atoms with Gasteiger partial charge in [0.1, 0.15) is 5.60 Å². The minimum Gasteiger partial charge on any atom is -0.444 e. The number of likely N-dealkylation sites (tertiary alicyclic amines) is 1. The summed E-state index contributed by atoms with van der Waals surface area (Å²) >= 11 is 6.02. The maximum Gasteiger partial charge on any atom is 0.407 e. The van der Waals surface area contributed by atoms with Gasteiger partial charge < -0.3 is 15.0 Å². The number of halogens is 1. The molecule has 0 unspecified atom stereocenters. The monoisotopic (exact) mass is 383 g/mol. The number of carbonyl (C=O) groups excluding carboxylic acids is 2. The Morgan fingerprint density at radius 3 is 2.42 bits per heavy atom. The van der Waals surface area contributed by atoms with Crippen molar-refractivity contribution >= 4 is 29.3 Å². The molecular formula is C17H22ClN3O5. The van der Waals surface area contributed by atoms with Gasteiger partial charge in [-0.3, -0.25) is 14.9 Å². The molecule has 26 heavy (non-hydrogen) atoms. The van der Waals surface area contributed by atoms with Crippen LogP contribution in [0.3, 0.4) is 0 Å². The van der Waals surface area contributed by atoms with Gasteiger partial charge in [0, 0.05) is 31.3 Å². The van der Waals surface area contributed by atoms with Gasteiger partial charge in [-0.15, -0.1) is 0 Å². The molecule has 0 spiro atoms. The van der Waals surface area contributed by atoms with Gasteiger partial charge in [-0.2, -0.15) is 0 Å². The molecule has 1 heterocycles. The van der Waals surface area contributed by atoms with Crippen molar-refractivity contribution in [1.29, 1.82) is 0 Å². The summed E-state index contributed by atoms with van der Waals surface area (Å²) in [5.74, 6) is -0.277. The molecular weight excluding hydrogens is 362 g/mol. The molecule has 1 aliphatic heterocycles. The van der Waals surface area contributed by atoms with Gasteiger partial charge in [-0.25, -0.2) is 4.79 Å². The number of nitrogens with zero attached hydrogens (tertiary/aromatic N) is 2. The zero-order valence-corrected chi connectivity index (χ0v) is 15.7. The standard InChI is InChI=1S/C17H22ClN3O5/c1-17(2,3)26-16(23)19-11-6-8-20(9-7-11)15(22)13-5-4-12(21(24)25)10-14(13)18/h4-5,10-11H,6-9H2,1-3H3,(H,19,23). The first-order valence-corrected chi connectivity index (χ1v) is 8.67. The van der Waals surface area contributed by atoms with Crippen LogP contribution in [0.5, 0.6) is 0 Å². The minimum atomic E-state index is -0.562. The number of nitrogens with one attached hydrogen (secondary N) is 1. The fourth-order valence-electron chi connectivity index (χ4n) is 2.66. The fraction of sp³-hybridized carbons (Fsp3) is 0.529. The number of nitro benzene ring substituents is 1. The molecule has 8 nitrogen and oxygen atoms in total. The molecule has 0 aromatic heterocycles. The van der Waals surface area contributed by atoms with Crippen LogP contribution in [0.1, 0.15) is 44.0 Å². The van der Waals surface area contributed by atoms with E-state index in [1.54, 1.807) is 25.7 Å². The third-order valence-electron chi connectivity index (χ3n) is 3.90. The van der Waals surface area contributed by atoms with Gasteiger partial charge in [-0.05, 0) is 39.7 Å². The van der Waals surface area contributed by atoms with Crippen LogP contribution in [0.2, 0.25) is 5.02 Å². The van der Waals surface area contributed by atoms with Crippen molar-refractivity contribution in [2.24, 2.45) is 0 Å². The third-order valence-corrected chi connectivity index (χ3v) is 4.21. The highest BCUT2D eigenvalue weighted by molar-refractivity contribution is 6.34. The molecule has 142 valence electrons. The summed E-state index contributed by atoms with van der Waals surface area (Å²) in [4.78, 5) is 36.2. The van der Waals surface area contributed by atoms with E-state index in [4.69, 9.17) is 16.3 Å². The van der Waals surface area contributed by atoms with E-state index < -0.39 is 16.6 Å². The lowest BCUT2D eigenvalue weighted by molar-refractivity contribution is -0.384. The van der Waals surface area contributed by atoms with Crippen LogP contribution >= 0.6 is 11.6 Å². The first-order chi connectivity index (χ1) is 12.1. The summed E-state index contributed by atoms with van der Waals surface area (Å²) in [7, 11) is 0. The number of non-ortho nitro benzene ring substituents is 1. The smallest absolute Gasteiger partial charge is 0.407 e. The Hall–Kier alpha value is -2.35. The van der Waals surface area contributed by atoms with Crippen molar-refractivity contribution in [2.45, 2.75) is 45.3 Å². The number of benzene rings is 1. The minimum absolute atomic E-state index is 0.0539. The summed E-state index contributed by atoms with van der Waals surface area (Å²) in [6.07, 6.45) is 0.714. The highest BCUT2D eigenvalue weighted by atomic mass is 35.5. The lowest BCUT2D eigenvalue weighted by Crippen LogP contribution is -2.47. The maximum absolute atomic E-state index is 12.6. The van der Waals surface area contributed by atoms with E-state index in [1.807, 2.05) is 0 Å². The summed E-state index contributed by atoms with van der Waals surface area (Å²) in [6.45, 7) is 6.28. The van der Waals surface area contributed by atoms with Crippen molar-refractivity contribution in [3.05, 3.63) is 38.9 Å². The second-order valence-electron chi connectivity index (χ2n) is 7.13. The molecule has 1 aromatic rings. The summed E-state index contributed by atoms with van der Waals surface area (Å²) in [6, 6.07) is 3.73. The van der Waals surface area contributed by atoms with Crippen LogP contribution < -0.4 is 5.32 Å². The number of amides is 2. The molecule has 1 aromatic carbocycles. The number of nitro groups is 1. The van der Waals surface area contributed by atoms with Crippen molar-refractivity contribution in [3.8, 4) is 0 Å². The van der Waals surface area contributed by atoms with Crippen molar-refractivity contribution in [3.63, 3.8) is 0 Å². The molecule has 1 N–H and O–H groups in total. The Bertz CT molecular complexity index is 709. The number of hydrogen-bond donors (Lipinski definition) is 1. The van der Waals surface area contributed by atoms with Crippen molar-refractivity contribution in [1.82, 2.24) is 10.2 Å². The molecule has 1 fully saturated rings. The predicted molar refractivity (Wildman–Crippen MR) is 96.4 cm³/mol. The number of hydrogen-bond acceptors (Lipinski definition) is 5. The van der Waals surface area contributed by atoms with E-state index in [1.165, 1.54) is 18.2 Å². The van der Waals surface area contributed by atoms with Crippen LogP contribution in [-0.2, 0) is 4.74 Å². The van der Waals surface area contributed by atoms with E-state index in [0.29, 0.717) is 25.9 Å². The quantitative estimate of drug-likeness (QED) is 0.636. The first kappa shape index (κ1) is 20.0. The highest BCUT2D eigenvalue weighted by Gasteiger charge is 2.27. The van der Waals surface area contributed by atoms with Crippen LogP contribution in [0.4, 0.5) is 10.5 Å².